The zero-order chi connectivity index (χ0) is 11.8. The molecule has 0 saturated heterocycles. The summed E-state index contributed by atoms with van der Waals surface area (Å²) >= 11 is 1.16. The fourth-order valence-electron chi connectivity index (χ4n) is 1.26. The highest BCUT2D eigenvalue weighted by molar-refractivity contribution is 7.08. The maximum atomic E-state index is 11.7. The first-order valence-corrected chi connectivity index (χ1v) is 6.37. The van der Waals surface area contributed by atoms with E-state index in [9.17, 15) is 4.79 Å². The summed E-state index contributed by atoms with van der Waals surface area (Å²) in [7, 11) is 0. The first-order chi connectivity index (χ1) is 7.79. The molecule has 7 heteroatoms. The molecular formula is C10H19ClN4OS. The second kappa shape index (κ2) is 9.32. The quantitative estimate of drug-likeness (QED) is 0.737. The summed E-state index contributed by atoms with van der Waals surface area (Å²) in [6.45, 7) is 6.50. The number of aryl methyl sites for hydroxylation is 1. The topological polar surface area (TPSA) is 66.9 Å². The molecule has 1 aromatic heterocycles. The Morgan fingerprint density at radius 2 is 2.06 bits per heavy atom. The average Bonchev–Trinajstić information content (AvgIpc) is 2.76. The second-order valence-corrected chi connectivity index (χ2v) is 4.16. The van der Waals surface area contributed by atoms with Gasteiger partial charge >= 0.3 is 0 Å². The predicted octanol–water partition coefficient (Wildman–Crippen LogP) is 1.25. The second-order valence-electron chi connectivity index (χ2n) is 3.41. The largest absolute Gasteiger partial charge is 0.350 e. The zero-order valence-corrected chi connectivity index (χ0v) is 11.8. The van der Waals surface area contributed by atoms with E-state index >= 15 is 0 Å². The van der Waals surface area contributed by atoms with Crippen LogP contribution in [0.15, 0.2) is 0 Å². The number of amides is 1. The minimum absolute atomic E-state index is 0. The molecule has 0 aromatic carbocycles. The van der Waals surface area contributed by atoms with Gasteiger partial charge in [-0.3, -0.25) is 4.79 Å². The summed E-state index contributed by atoms with van der Waals surface area (Å²) in [5, 5.41) is 9.97. The van der Waals surface area contributed by atoms with Gasteiger partial charge in [0.05, 0.1) is 5.69 Å². The maximum Gasteiger partial charge on any atom is 0.264 e. The Hall–Kier alpha value is -0.720. The lowest BCUT2D eigenvalue weighted by Crippen LogP contribution is -2.32. The molecule has 0 aliphatic rings. The van der Waals surface area contributed by atoms with Crippen molar-refractivity contribution in [3.8, 4) is 0 Å². The van der Waals surface area contributed by atoms with Crippen LogP contribution in [-0.2, 0) is 6.42 Å². The third-order valence-electron chi connectivity index (χ3n) is 2.11. The van der Waals surface area contributed by atoms with E-state index in [4.69, 9.17) is 0 Å². The van der Waals surface area contributed by atoms with Gasteiger partial charge in [0.1, 0.15) is 4.88 Å². The summed E-state index contributed by atoms with van der Waals surface area (Å²) in [6, 6.07) is 0. The normalized spacial score (nSPS) is 9.76. The molecule has 0 unspecified atom stereocenters. The number of nitrogens with zero attached hydrogens (tertiary/aromatic N) is 2. The minimum atomic E-state index is -0.0647. The van der Waals surface area contributed by atoms with E-state index < -0.39 is 0 Å². The third-order valence-corrected chi connectivity index (χ3v) is 2.88. The smallest absolute Gasteiger partial charge is 0.264 e. The molecule has 1 rings (SSSR count). The molecule has 1 heterocycles. The van der Waals surface area contributed by atoms with E-state index in [0.717, 1.165) is 43.2 Å². The van der Waals surface area contributed by atoms with Crippen molar-refractivity contribution >= 4 is 29.8 Å². The van der Waals surface area contributed by atoms with Crippen LogP contribution >= 0.6 is 23.9 Å². The van der Waals surface area contributed by atoms with Crippen LogP contribution < -0.4 is 10.6 Å². The van der Waals surface area contributed by atoms with Crippen molar-refractivity contribution in [3.63, 3.8) is 0 Å². The Bertz CT molecular complexity index is 332. The minimum Gasteiger partial charge on any atom is -0.350 e. The van der Waals surface area contributed by atoms with Crippen LogP contribution in [0.4, 0.5) is 0 Å². The Balaban J connectivity index is 0.00000256. The van der Waals surface area contributed by atoms with Gasteiger partial charge in [0.15, 0.2) is 0 Å². The number of halogens is 1. The molecule has 1 amide bonds. The number of rotatable bonds is 7. The van der Waals surface area contributed by atoms with E-state index in [1.165, 1.54) is 0 Å². The van der Waals surface area contributed by atoms with Gasteiger partial charge in [0.25, 0.3) is 5.91 Å². The highest BCUT2D eigenvalue weighted by Crippen LogP contribution is 2.10. The zero-order valence-electron chi connectivity index (χ0n) is 10.2. The fourth-order valence-corrected chi connectivity index (χ4v) is 1.93. The van der Waals surface area contributed by atoms with E-state index in [1.54, 1.807) is 0 Å². The molecule has 0 atom stereocenters. The van der Waals surface area contributed by atoms with Gasteiger partial charge in [-0.2, -0.15) is 0 Å². The average molecular weight is 279 g/mol. The Morgan fingerprint density at radius 1 is 1.29 bits per heavy atom. The Labute approximate surface area is 112 Å². The van der Waals surface area contributed by atoms with Crippen LogP contribution in [0.3, 0.4) is 0 Å². The summed E-state index contributed by atoms with van der Waals surface area (Å²) in [5.41, 5.74) is 0.781. The van der Waals surface area contributed by atoms with E-state index in [2.05, 4.69) is 27.1 Å². The van der Waals surface area contributed by atoms with Crippen molar-refractivity contribution < 1.29 is 4.79 Å². The van der Waals surface area contributed by atoms with Crippen LogP contribution in [0.5, 0.6) is 0 Å². The maximum absolute atomic E-state index is 11.7. The summed E-state index contributed by atoms with van der Waals surface area (Å²) in [4.78, 5) is 12.3. The summed E-state index contributed by atoms with van der Waals surface area (Å²) in [6.07, 6.45) is 1.85. The standard InChI is InChI=1S/C10H18N4OS.ClH/c1-3-5-11-6-7-12-10(15)9-8(4-2)13-14-16-9;/h11H,3-7H2,1-2H3,(H,12,15);1H. The number of carbonyl (C=O) groups excluding carboxylic acids is 1. The first-order valence-electron chi connectivity index (χ1n) is 5.59. The van der Waals surface area contributed by atoms with Gasteiger partial charge in [-0.15, -0.1) is 17.5 Å². The number of aromatic nitrogens is 2. The van der Waals surface area contributed by atoms with E-state index in [0.29, 0.717) is 11.4 Å². The van der Waals surface area contributed by atoms with Gasteiger partial charge in [0.2, 0.25) is 0 Å². The van der Waals surface area contributed by atoms with Gasteiger partial charge in [0, 0.05) is 13.1 Å². The van der Waals surface area contributed by atoms with Crippen LogP contribution in [-0.4, -0.2) is 35.1 Å². The van der Waals surface area contributed by atoms with E-state index in [1.807, 2.05) is 6.92 Å². The molecule has 0 spiro atoms. The molecule has 0 saturated carbocycles. The third kappa shape index (κ3) is 5.43. The van der Waals surface area contributed by atoms with Crippen molar-refractivity contribution in [2.24, 2.45) is 0 Å². The van der Waals surface area contributed by atoms with E-state index in [-0.39, 0.29) is 18.3 Å². The Kier molecular flexibility index (Phi) is 8.93. The van der Waals surface area contributed by atoms with Crippen molar-refractivity contribution in [1.29, 1.82) is 0 Å². The SMILES string of the molecule is CCCNCCNC(=O)c1snnc1CC.Cl. The number of nitrogens with one attached hydrogen (secondary N) is 2. The van der Waals surface area contributed by atoms with Gasteiger partial charge in [-0.1, -0.05) is 18.3 Å². The molecule has 2 N–H and O–H groups in total. The van der Waals surface area contributed by atoms with Crippen LogP contribution in [0.1, 0.15) is 35.6 Å². The van der Waals surface area contributed by atoms with Crippen molar-refractivity contribution in [2.75, 3.05) is 19.6 Å². The van der Waals surface area contributed by atoms with Crippen molar-refractivity contribution in [1.82, 2.24) is 20.2 Å². The molecular weight excluding hydrogens is 260 g/mol. The molecule has 0 radical (unpaired) electrons. The molecule has 0 bridgehead atoms. The molecule has 1 aromatic rings. The summed E-state index contributed by atoms with van der Waals surface area (Å²) < 4.78 is 3.79. The monoisotopic (exact) mass is 278 g/mol. The summed E-state index contributed by atoms with van der Waals surface area (Å²) in [5.74, 6) is -0.0647. The van der Waals surface area contributed by atoms with Gasteiger partial charge in [-0.05, 0) is 30.9 Å². The Morgan fingerprint density at radius 3 is 2.71 bits per heavy atom. The predicted molar refractivity (Wildman–Crippen MR) is 72.0 cm³/mol. The molecule has 0 aliphatic carbocycles. The lowest BCUT2D eigenvalue weighted by atomic mass is 10.3. The van der Waals surface area contributed by atoms with Gasteiger partial charge in [-0.25, -0.2) is 0 Å². The van der Waals surface area contributed by atoms with Crippen molar-refractivity contribution in [3.05, 3.63) is 10.6 Å². The molecule has 5 nitrogen and oxygen atoms in total. The van der Waals surface area contributed by atoms with Crippen LogP contribution in [0, 0.1) is 0 Å². The number of carbonyl (C=O) groups is 1. The lowest BCUT2D eigenvalue weighted by Gasteiger charge is -2.04. The molecule has 0 aliphatic heterocycles. The number of hydrogen-bond acceptors (Lipinski definition) is 5. The fraction of sp³-hybridized carbons (Fsp3) is 0.700. The lowest BCUT2D eigenvalue weighted by molar-refractivity contribution is 0.0957. The molecule has 0 fully saturated rings. The molecule has 98 valence electrons. The molecule has 17 heavy (non-hydrogen) atoms. The highest BCUT2D eigenvalue weighted by atomic mass is 35.5. The highest BCUT2D eigenvalue weighted by Gasteiger charge is 2.13. The number of hydrogen-bond donors (Lipinski definition) is 2. The van der Waals surface area contributed by atoms with Gasteiger partial charge < -0.3 is 10.6 Å². The van der Waals surface area contributed by atoms with Crippen LogP contribution in [0.25, 0.3) is 0 Å². The van der Waals surface area contributed by atoms with Crippen molar-refractivity contribution in [2.45, 2.75) is 26.7 Å². The van der Waals surface area contributed by atoms with Crippen LogP contribution in [0.2, 0.25) is 0 Å². The first kappa shape index (κ1) is 16.3.